The number of aliphatic hydroxyl groups is 1. The summed E-state index contributed by atoms with van der Waals surface area (Å²) in [5, 5.41) is 14.5. The van der Waals surface area contributed by atoms with Gasteiger partial charge in [-0.1, -0.05) is 66.6 Å². The van der Waals surface area contributed by atoms with Gasteiger partial charge >= 0.3 is 12.1 Å². The van der Waals surface area contributed by atoms with Crippen molar-refractivity contribution in [2.75, 3.05) is 26.2 Å². The number of anilines is 1. The van der Waals surface area contributed by atoms with Gasteiger partial charge < -0.3 is 33.7 Å². The maximum Gasteiger partial charge on any atom is 0.409 e. The number of hydrogen-bond donors (Lipinski definition) is 2. The van der Waals surface area contributed by atoms with E-state index >= 15 is 0 Å². The molecule has 3 heterocycles. The second-order valence-electron chi connectivity index (χ2n) is 13.7. The number of halogens is 1. The van der Waals surface area contributed by atoms with E-state index in [9.17, 15) is 24.3 Å². The minimum atomic E-state index is -1.81. The summed E-state index contributed by atoms with van der Waals surface area (Å²) < 4.78 is 29.1. The number of epoxide rings is 1. The number of ether oxygens (including phenoxy) is 5. The van der Waals surface area contributed by atoms with Gasteiger partial charge in [0.05, 0.1) is 31.7 Å². The van der Waals surface area contributed by atoms with Crippen LogP contribution < -0.4 is 15.0 Å². The zero-order valence-electron chi connectivity index (χ0n) is 29.9. The van der Waals surface area contributed by atoms with Crippen LogP contribution in [0.15, 0.2) is 60.2 Å². The molecule has 0 aliphatic carbocycles. The molecule has 0 radical (unpaired) electrons. The molecule has 0 aromatic heterocycles. The summed E-state index contributed by atoms with van der Waals surface area (Å²) in [6.07, 6.45) is 1.07. The third kappa shape index (κ3) is 8.30. The Morgan fingerprint density at radius 3 is 2.51 bits per heavy atom. The average Bonchev–Trinajstić information content (AvgIpc) is 3.77. The minimum absolute atomic E-state index is 0.0338. The Bertz CT molecular complexity index is 1740. The number of amides is 2. The van der Waals surface area contributed by atoms with Crippen molar-refractivity contribution < 1.29 is 48.0 Å². The number of methoxy groups -OCH3 is 2. The highest BCUT2D eigenvalue weighted by molar-refractivity contribution is 6.35. The van der Waals surface area contributed by atoms with E-state index in [-0.39, 0.29) is 30.1 Å². The molecule has 12 nitrogen and oxygen atoms in total. The van der Waals surface area contributed by atoms with E-state index in [0.717, 1.165) is 11.1 Å². The molecule has 274 valence electrons. The first kappa shape index (κ1) is 38.0. The fourth-order valence-corrected chi connectivity index (χ4v) is 7.14. The number of carbonyl (C=O) groups is 4. The van der Waals surface area contributed by atoms with E-state index < -0.39 is 59.6 Å². The molecule has 5 rings (SSSR count). The van der Waals surface area contributed by atoms with E-state index in [1.54, 1.807) is 62.5 Å². The molecular formula is C38H45ClN2O10. The van der Waals surface area contributed by atoms with Crippen LogP contribution in [0.2, 0.25) is 5.02 Å². The lowest BCUT2D eigenvalue weighted by Gasteiger charge is -2.42. The van der Waals surface area contributed by atoms with Gasteiger partial charge in [-0.3, -0.25) is 19.7 Å². The standard InChI is InChI=1S/C38H45ClN2O10/c1-21-9-8-10-30(48-7)38(46)20-29(49-36(45)40-38)22(2)35-37(4,51-35)31(50-33(44)18-24-11-13-26(14-12-24)23(3)42)19-32(43)41(5)27-16-25(15-21)17-28(47-6)34(27)39/h8-14,16-17,22,29-31,35,46H,15,18-20H2,1-7H3,(H,40,45)/b10-8+,21-9+/t22-,29+,30-,31+,35+,37+,38+/m1/s1. The number of esters is 1. The molecule has 2 aromatic carbocycles. The Kier molecular flexibility index (Phi) is 11.3. The number of fused-ring (bicyclic) bond motifs is 5. The highest BCUT2D eigenvalue weighted by Gasteiger charge is 2.64. The third-order valence-corrected chi connectivity index (χ3v) is 10.3. The van der Waals surface area contributed by atoms with E-state index in [0.29, 0.717) is 29.0 Å². The quantitative estimate of drug-likeness (QED) is 0.233. The van der Waals surface area contributed by atoms with Gasteiger partial charge in [-0.2, -0.15) is 0 Å². The molecule has 3 aliphatic heterocycles. The Balaban J connectivity index is 1.52. The second-order valence-corrected chi connectivity index (χ2v) is 14.1. The van der Waals surface area contributed by atoms with Gasteiger partial charge in [0.2, 0.25) is 5.91 Å². The Morgan fingerprint density at radius 1 is 1.16 bits per heavy atom. The van der Waals surface area contributed by atoms with Crippen molar-refractivity contribution in [1.29, 1.82) is 0 Å². The predicted molar refractivity (Wildman–Crippen MR) is 189 cm³/mol. The molecule has 3 aliphatic rings. The summed E-state index contributed by atoms with van der Waals surface area (Å²) in [6, 6.07) is 10.2. The lowest BCUT2D eigenvalue weighted by Crippen LogP contribution is -2.63. The van der Waals surface area contributed by atoms with Crippen molar-refractivity contribution in [3.8, 4) is 5.75 Å². The number of allylic oxidation sites excluding steroid dienone is 3. The Labute approximate surface area is 302 Å². The summed E-state index contributed by atoms with van der Waals surface area (Å²) in [5.41, 5.74) is 0.333. The molecule has 2 fully saturated rings. The molecule has 2 aromatic rings. The van der Waals surface area contributed by atoms with Crippen LogP contribution in [0.1, 0.15) is 62.0 Å². The molecular weight excluding hydrogens is 680 g/mol. The van der Waals surface area contributed by atoms with Crippen LogP contribution in [-0.2, 0) is 41.4 Å². The molecule has 0 spiro atoms. The SMILES string of the molecule is COc1cc2cc(c1Cl)N(C)C(=O)C[C@H](OC(=O)Cc1ccc(C(C)=O)cc1)[C@]1(C)O[C@H]1[C@H](C)[C@@H]1C[C@@](O)(NC(=O)O1)[C@H](OC)/C=C/C=C(\C)C2. The van der Waals surface area contributed by atoms with E-state index in [1.807, 2.05) is 19.9 Å². The zero-order chi connectivity index (χ0) is 37.2. The molecule has 4 bridgehead atoms. The van der Waals surface area contributed by atoms with Gasteiger partial charge in [0.15, 0.2) is 11.5 Å². The molecule has 13 heteroatoms. The third-order valence-electron chi connectivity index (χ3n) is 9.93. The molecule has 0 saturated carbocycles. The molecule has 2 amide bonds. The number of nitrogens with zero attached hydrogens (tertiary/aromatic N) is 1. The Hall–Kier alpha value is -4.23. The molecule has 0 unspecified atom stereocenters. The molecule has 2 saturated heterocycles. The maximum atomic E-state index is 14.0. The first-order valence-corrected chi connectivity index (χ1v) is 17.1. The monoisotopic (exact) mass is 724 g/mol. The first-order valence-electron chi connectivity index (χ1n) is 16.8. The zero-order valence-corrected chi connectivity index (χ0v) is 30.6. The number of hydrogen-bond acceptors (Lipinski definition) is 10. The Morgan fingerprint density at radius 2 is 1.86 bits per heavy atom. The van der Waals surface area contributed by atoms with E-state index in [2.05, 4.69) is 5.32 Å². The highest BCUT2D eigenvalue weighted by Crippen LogP contribution is 2.49. The normalized spacial score (nSPS) is 31.3. The summed E-state index contributed by atoms with van der Waals surface area (Å²) in [4.78, 5) is 53.4. The van der Waals surface area contributed by atoms with Gasteiger partial charge in [0, 0.05) is 32.1 Å². The van der Waals surface area contributed by atoms with Gasteiger partial charge in [0.1, 0.15) is 34.7 Å². The van der Waals surface area contributed by atoms with Crippen molar-refractivity contribution in [3.63, 3.8) is 0 Å². The van der Waals surface area contributed by atoms with Gasteiger partial charge in [0.25, 0.3) is 0 Å². The van der Waals surface area contributed by atoms with Crippen LogP contribution in [0.5, 0.6) is 5.75 Å². The first-order chi connectivity index (χ1) is 24.1. The number of ketones is 1. The van der Waals surface area contributed by atoms with Crippen molar-refractivity contribution in [3.05, 3.63) is 81.9 Å². The van der Waals surface area contributed by atoms with Crippen LogP contribution in [-0.4, -0.2) is 85.9 Å². The van der Waals surface area contributed by atoms with Crippen molar-refractivity contribution in [2.24, 2.45) is 5.92 Å². The van der Waals surface area contributed by atoms with Crippen LogP contribution >= 0.6 is 11.6 Å². The maximum absolute atomic E-state index is 14.0. The van der Waals surface area contributed by atoms with E-state index in [1.165, 1.54) is 26.0 Å². The number of carbonyl (C=O) groups excluding carboxylic acids is 4. The lowest BCUT2D eigenvalue weighted by molar-refractivity contribution is -0.153. The van der Waals surface area contributed by atoms with Gasteiger partial charge in [-0.25, -0.2) is 4.79 Å². The average molecular weight is 725 g/mol. The van der Waals surface area contributed by atoms with Gasteiger partial charge in [-0.05, 0) is 50.5 Å². The number of alkyl carbamates (subject to hydrolysis) is 1. The summed E-state index contributed by atoms with van der Waals surface area (Å²) in [7, 11) is 4.52. The van der Waals surface area contributed by atoms with Crippen LogP contribution in [0.4, 0.5) is 10.5 Å². The lowest BCUT2D eigenvalue weighted by atomic mass is 9.83. The number of nitrogens with one attached hydrogen (secondary N) is 1. The summed E-state index contributed by atoms with van der Waals surface area (Å²) in [6.45, 7) is 6.94. The number of Topliss-reactive ketones (excluding diaryl/α,β-unsaturated/α-hetero) is 1. The summed E-state index contributed by atoms with van der Waals surface area (Å²) in [5.74, 6) is -1.22. The largest absolute Gasteiger partial charge is 0.495 e. The number of benzene rings is 2. The fraction of sp³-hybridized carbons (Fsp3) is 0.474. The van der Waals surface area contributed by atoms with E-state index in [4.69, 9.17) is 35.3 Å². The van der Waals surface area contributed by atoms with Crippen LogP contribution in [0.3, 0.4) is 0 Å². The topological polar surface area (TPSA) is 153 Å². The highest BCUT2D eigenvalue weighted by atomic mass is 35.5. The van der Waals surface area contributed by atoms with Crippen LogP contribution in [0, 0.1) is 5.92 Å². The van der Waals surface area contributed by atoms with Gasteiger partial charge in [-0.15, -0.1) is 0 Å². The minimum Gasteiger partial charge on any atom is -0.495 e. The number of rotatable bonds is 6. The molecule has 51 heavy (non-hydrogen) atoms. The fourth-order valence-electron chi connectivity index (χ4n) is 6.83. The van der Waals surface area contributed by atoms with Crippen molar-refractivity contribution >= 4 is 41.0 Å². The molecule has 2 N–H and O–H groups in total. The smallest absolute Gasteiger partial charge is 0.409 e. The van der Waals surface area contributed by atoms with Crippen molar-refractivity contribution in [1.82, 2.24) is 5.32 Å². The predicted octanol–water partition coefficient (Wildman–Crippen LogP) is 5.11. The summed E-state index contributed by atoms with van der Waals surface area (Å²) >= 11 is 6.74. The molecule has 7 atom stereocenters. The second kappa shape index (κ2) is 15.2. The van der Waals surface area contributed by atoms with Crippen molar-refractivity contribution in [2.45, 2.75) is 89.1 Å². The van der Waals surface area contributed by atoms with Crippen LogP contribution in [0.25, 0.3) is 0 Å².